The van der Waals surface area contributed by atoms with Crippen molar-refractivity contribution in [2.75, 3.05) is 0 Å². The lowest BCUT2D eigenvalue weighted by Crippen LogP contribution is -2.55. The molecule has 94 valence electrons. The molecule has 7 heteroatoms. The summed E-state index contributed by atoms with van der Waals surface area (Å²) in [6.07, 6.45) is 5.61. The van der Waals surface area contributed by atoms with Gasteiger partial charge in [0, 0.05) is 0 Å². The third-order valence-corrected chi connectivity index (χ3v) is 11.5. The molecule has 0 fully saturated rings. The summed E-state index contributed by atoms with van der Waals surface area (Å²) in [5.41, 5.74) is 2.71. The highest BCUT2D eigenvalue weighted by molar-refractivity contribution is 6.88. The summed E-state index contributed by atoms with van der Waals surface area (Å²) in [7, 11) is -7.05. The average molecular weight is 293 g/mol. The zero-order valence-electron chi connectivity index (χ0n) is 11.5. The van der Waals surface area contributed by atoms with Crippen molar-refractivity contribution in [3.8, 4) is 12.0 Å². The Labute approximate surface area is 105 Å². The molecule has 0 saturated carbocycles. The fraction of sp³-hybridized carbons (Fsp3) is 0.778. The van der Waals surface area contributed by atoms with Gasteiger partial charge in [-0.25, -0.2) is 0 Å². The molecule has 0 unspecified atom stereocenters. The van der Waals surface area contributed by atoms with E-state index in [0.29, 0.717) is 0 Å². The van der Waals surface area contributed by atoms with E-state index in [1.54, 1.807) is 0 Å². The molecule has 0 spiro atoms. The van der Waals surface area contributed by atoms with Crippen LogP contribution in [0.1, 0.15) is 0 Å². The topological polar surface area (TPSA) is 27.7 Å². The molecule has 0 atom stereocenters. The van der Waals surface area contributed by atoms with Crippen LogP contribution in [0, 0.1) is 12.0 Å². The largest absolute Gasteiger partial charge is 0.559 e. The van der Waals surface area contributed by atoms with Crippen molar-refractivity contribution < 1.29 is 12.3 Å². The summed E-state index contributed by atoms with van der Waals surface area (Å²) in [6.45, 7) is 14.7. The van der Waals surface area contributed by atoms with Crippen molar-refractivity contribution in [2.24, 2.45) is 0 Å². The van der Waals surface area contributed by atoms with Crippen molar-refractivity contribution in [1.29, 1.82) is 0 Å². The normalized spacial score (nSPS) is 13.2. The fourth-order valence-corrected chi connectivity index (χ4v) is 12.1. The van der Waals surface area contributed by atoms with Crippen LogP contribution in [0.2, 0.25) is 45.8 Å². The highest BCUT2D eigenvalue weighted by atomic mass is 28.5. The van der Waals surface area contributed by atoms with Crippen LogP contribution in [-0.4, -0.2) is 35.2 Å². The second-order valence-corrected chi connectivity index (χ2v) is 17.8. The third kappa shape index (κ3) is 6.80. The lowest BCUT2D eigenvalue weighted by Gasteiger charge is -2.34. The number of hydrogen-bond acceptors (Lipinski definition) is 3. The lowest BCUT2D eigenvalue weighted by atomic mass is 11.4. The maximum absolute atomic E-state index is 6.06. The zero-order valence-corrected chi connectivity index (χ0v) is 15.8. The van der Waals surface area contributed by atoms with Gasteiger partial charge in [-0.05, 0) is 51.4 Å². The molecule has 0 aliphatic carbocycles. The van der Waals surface area contributed by atoms with Crippen LogP contribution in [0.25, 0.3) is 0 Å². The van der Waals surface area contributed by atoms with Gasteiger partial charge in [0.15, 0.2) is 26.4 Å². The second kappa shape index (κ2) is 6.30. The van der Waals surface area contributed by atoms with Crippen LogP contribution in [0.15, 0.2) is 0 Å². The first-order valence-corrected chi connectivity index (χ1v) is 16.3. The van der Waals surface area contributed by atoms with Crippen LogP contribution in [-0.2, 0) is 12.3 Å². The molecule has 0 aliphatic heterocycles. The highest BCUT2D eigenvalue weighted by Crippen LogP contribution is 2.18. The zero-order chi connectivity index (χ0) is 13.0. The Kier molecular flexibility index (Phi) is 6.42. The van der Waals surface area contributed by atoms with E-state index >= 15 is 0 Å². The minimum Gasteiger partial charge on any atom is -0.411 e. The van der Waals surface area contributed by atoms with E-state index in [9.17, 15) is 0 Å². The maximum Gasteiger partial charge on any atom is 0.559 e. The van der Waals surface area contributed by atoms with Crippen LogP contribution in [0.4, 0.5) is 0 Å². The first kappa shape index (κ1) is 16.3. The Hall–Kier alpha value is 0.308. The van der Waals surface area contributed by atoms with E-state index in [1.807, 2.05) is 0 Å². The van der Waals surface area contributed by atoms with Gasteiger partial charge in [-0.3, -0.25) is 0 Å². The number of rotatable bonds is 6. The van der Waals surface area contributed by atoms with Crippen molar-refractivity contribution in [2.45, 2.75) is 45.8 Å². The Morgan fingerprint density at radius 3 is 1.50 bits per heavy atom. The van der Waals surface area contributed by atoms with E-state index in [-0.39, 0.29) is 0 Å². The predicted octanol–water partition coefficient (Wildman–Crippen LogP) is 1.95. The number of terminal acetylenes is 1. The van der Waals surface area contributed by atoms with Gasteiger partial charge in [-0.1, -0.05) is 0 Å². The molecule has 0 aliphatic rings. The molecule has 0 heterocycles. The molecule has 0 N–H and O–H groups in total. The summed E-state index contributed by atoms with van der Waals surface area (Å²) in [6, 6.07) is 0. The molecular formula is C9H24O3Si4. The van der Waals surface area contributed by atoms with Crippen LogP contribution < -0.4 is 0 Å². The van der Waals surface area contributed by atoms with E-state index in [0.717, 1.165) is 0 Å². The Morgan fingerprint density at radius 2 is 1.31 bits per heavy atom. The van der Waals surface area contributed by atoms with Crippen molar-refractivity contribution in [1.82, 2.24) is 0 Å². The van der Waals surface area contributed by atoms with Gasteiger partial charge in [0.2, 0.25) is 0 Å². The standard InChI is InChI=1S/C9H24O3Si4/c1-9-16(10-13(2)3,11-14(4)5)12-15(6,7)8/h1,13-14H,2-8H3. The van der Waals surface area contributed by atoms with Crippen molar-refractivity contribution in [3.63, 3.8) is 0 Å². The Bertz CT molecular complexity index is 244. The van der Waals surface area contributed by atoms with Gasteiger partial charge >= 0.3 is 8.80 Å². The molecule has 0 bridgehead atoms. The molecule has 3 nitrogen and oxygen atoms in total. The van der Waals surface area contributed by atoms with Crippen LogP contribution >= 0.6 is 0 Å². The minimum atomic E-state index is -2.82. The molecule has 0 rings (SSSR count). The summed E-state index contributed by atoms with van der Waals surface area (Å²) >= 11 is 0. The van der Waals surface area contributed by atoms with E-state index < -0.39 is 35.2 Å². The summed E-state index contributed by atoms with van der Waals surface area (Å²) in [5, 5.41) is 0. The molecule has 0 amide bonds. The smallest absolute Gasteiger partial charge is 0.411 e. The molecule has 0 aromatic carbocycles. The van der Waals surface area contributed by atoms with Crippen LogP contribution in [0.3, 0.4) is 0 Å². The molecule has 0 saturated heterocycles. The van der Waals surface area contributed by atoms with Crippen molar-refractivity contribution >= 4 is 35.2 Å². The molecular weight excluding hydrogens is 268 g/mol. The first-order valence-electron chi connectivity index (χ1n) is 5.64. The molecule has 0 aromatic rings. The van der Waals surface area contributed by atoms with E-state index in [2.05, 4.69) is 51.4 Å². The van der Waals surface area contributed by atoms with Gasteiger partial charge in [0.05, 0.1) is 0 Å². The van der Waals surface area contributed by atoms with Gasteiger partial charge in [-0.2, -0.15) is 0 Å². The summed E-state index contributed by atoms with van der Waals surface area (Å²) < 4.78 is 17.9. The van der Waals surface area contributed by atoms with E-state index in [1.165, 1.54) is 0 Å². The molecule has 0 radical (unpaired) electrons. The average Bonchev–Trinajstić information content (AvgIpc) is 1.97. The fourth-order valence-electron chi connectivity index (χ4n) is 1.20. The first-order chi connectivity index (χ1) is 7.10. The Morgan fingerprint density at radius 1 is 0.938 bits per heavy atom. The highest BCUT2D eigenvalue weighted by Gasteiger charge is 2.44. The van der Waals surface area contributed by atoms with Crippen molar-refractivity contribution in [3.05, 3.63) is 0 Å². The van der Waals surface area contributed by atoms with E-state index in [4.69, 9.17) is 18.8 Å². The Balaban J connectivity index is 4.90. The minimum absolute atomic E-state index is 1.25. The summed E-state index contributed by atoms with van der Waals surface area (Å²) in [5.74, 6) is 0. The summed E-state index contributed by atoms with van der Waals surface area (Å²) in [4.78, 5) is 0. The van der Waals surface area contributed by atoms with Gasteiger partial charge < -0.3 is 12.3 Å². The maximum atomic E-state index is 6.06. The second-order valence-electron chi connectivity index (χ2n) is 5.25. The molecule has 16 heavy (non-hydrogen) atoms. The third-order valence-electron chi connectivity index (χ3n) is 1.40. The van der Waals surface area contributed by atoms with Gasteiger partial charge in [-0.15, -0.1) is 6.42 Å². The monoisotopic (exact) mass is 292 g/mol. The lowest BCUT2D eigenvalue weighted by molar-refractivity contribution is 0.286. The van der Waals surface area contributed by atoms with Gasteiger partial charge in [0.1, 0.15) is 0 Å². The van der Waals surface area contributed by atoms with Crippen LogP contribution in [0.5, 0.6) is 0 Å². The quantitative estimate of drug-likeness (QED) is 0.553. The SMILES string of the molecule is C#C[Si](O[SiH](C)C)(O[SiH](C)C)O[Si](C)(C)C. The number of hydrogen-bond donors (Lipinski definition) is 0. The predicted molar refractivity (Wildman–Crippen MR) is 78.9 cm³/mol. The van der Waals surface area contributed by atoms with Gasteiger partial charge in [0.25, 0.3) is 0 Å². The molecule has 0 aromatic heterocycles.